The molecule has 0 bridgehead atoms. The van der Waals surface area contributed by atoms with E-state index < -0.39 is 23.0 Å². The maximum Gasteiger partial charge on any atom is 0.352 e. The van der Waals surface area contributed by atoms with Crippen molar-refractivity contribution < 1.29 is 13.9 Å². The number of aromatic nitrogens is 3. The fourth-order valence-corrected chi connectivity index (χ4v) is 3.52. The van der Waals surface area contributed by atoms with Gasteiger partial charge in [0.1, 0.15) is 11.6 Å². The quantitative estimate of drug-likeness (QED) is 0.624. The van der Waals surface area contributed by atoms with Gasteiger partial charge in [0.05, 0.1) is 19.3 Å². The van der Waals surface area contributed by atoms with Crippen molar-refractivity contribution in [3.05, 3.63) is 86.4 Å². The summed E-state index contributed by atoms with van der Waals surface area (Å²) in [6.45, 7) is 0.968. The van der Waals surface area contributed by atoms with E-state index in [1.807, 2.05) is 0 Å². The Labute approximate surface area is 177 Å². The van der Waals surface area contributed by atoms with Crippen LogP contribution in [0.3, 0.4) is 0 Å². The molecular weight excluding hydrogens is 403 g/mol. The first-order chi connectivity index (χ1) is 15.0. The third kappa shape index (κ3) is 4.11. The lowest BCUT2D eigenvalue weighted by atomic mass is 10.2. The molecule has 0 radical (unpaired) electrons. The predicted molar refractivity (Wildman–Crippen MR) is 111 cm³/mol. The molecule has 1 saturated heterocycles. The van der Waals surface area contributed by atoms with Crippen LogP contribution in [0.15, 0.2) is 58.1 Å². The van der Waals surface area contributed by atoms with Crippen molar-refractivity contribution in [3.63, 3.8) is 0 Å². The van der Waals surface area contributed by atoms with E-state index in [0.29, 0.717) is 30.1 Å². The van der Waals surface area contributed by atoms with Crippen molar-refractivity contribution in [2.24, 2.45) is 0 Å². The highest BCUT2D eigenvalue weighted by molar-refractivity contribution is 5.92. The van der Waals surface area contributed by atoms with Crippen LogP contribution in [0.2, 0.25) is 0 Å². The summed E-state index contributed by atoms with van der Waals surface area (Å²) >= 11 is 0. The summed E-state index contributed by atoms with van der Waals surface area (Å²) in [5.41, 5.74) is -0.852. The molecule has 9 heteroatoms. The van der Waals surface area contributed by atoms with E-state index in [2.05, 4.69) is 5.10 Å². The molecule has 1 amide bonds. The van der Waals surface area contributed by atoms with Gasteiger partial charge in [0.2, 0.25) is 5.69 Å². The Morgan fingerprint density at radius 2 is 1.68 bits per heavy atom. The second-order valence-electron chi connectivity index (χ2n) is 7.26. The van der Waals surface area contributed by atoms with Crippen LogP contribution in [0.1, 0.15) is 28.9 Å². The van der Waals surface area contributed by atoms with Crippen molar-refractivity contribution >= 4 is 5.91 Å². The summed E-state index contributed by atoms with van der Waals surface area (Å²) in [4.78, 5) is 40.8. The molecule has 160 valence electrons. The topological polar surface area (TPSA) is 86.4 Å². The molecule has 1 aliphatic rings. The third-order valence-electron chi connectivity index (χ3n) is 5.23. The van der Waals surface area contributed by atoms with E-state index in [9.17, 15) is 18.8 Å². The number of benzene rings is 2. The van der Waals surface area contributed by atoms with Gasteiger partial charge in [-0.15, -0.1) is 0 Å². The molecular formula is C22H21FN4O4. The van der Waals surface area contributed by atoms with Crippen LogP contribution in [-0.2, 0) is 6.54 Å². The van der Waals surface area contributed by atoms with Gasteiger partial charge in [-0.1, -0.05) is 12.1 Å². The number of nitrogens with zero attached hydrogens (tertiary/aromatic N) is 4. The fourth-order valence-electron chi connectivity index (χ4n) is 3.52. The zero-order chi connectivity index (χ0) is 22.0. The van der Waals surface area contributed by atoms with Gasteiger partial charge >= 0.3 is 5.69 Å². The smallest absolute Gasteiger partial charge is 0.352 e. The maximum atomic E-state index is 13.3. The minimum Gasteiger partial charge on any atom is -0.497 e. The van der Waals surface area contributed by atoms with Crippen LogP contribution in [0.4, 0.5) is 4.39 Å². The largest absolute Gasteiger partial charge is 0.497 e. The molecule has 1 aliphatic heterocycles. The van der Waals surface area contributed by atoms with Gasteiger partial charge < -0.3 is 9.64 Å². The molecule has 8 nitrogen and oxygen atoms in total. The molecule has 0 N–H and O–H groups in total. The number of amides is 1. The number of methoxy groups -OCH3 is 1. The van der Waals surface area contributed by atoms with Gasteiger partial charge in [-0.2, -0.15) is 9.78 Å². The van der Waals surface area contributed by atoms with Crippen LogP contribution >= 0.6 is 0 Å². The number of carbonyl (C=O) groups is 1. The molecule has 2 heterocycles. The summed E-state index contributed by atoms with van der Waals surface area (Å²) in [5.74, 6) is -0.339. The molecule has 3 aromatic rings. The fraction of sp³-hybridized carbons (Fsp3) is 0.273. The van der Waals surface area contributed by atoms with Gasteiger partial charge in [0.25, 0.3) is 11.5 Å². The standard InChI is InChI=1S/C22H21FN4O4/c1-31-18-10-8-17(9-11-18)27-22(30)26(14-15-4-6-16(23)7-5-15)21(29)19(24-27)20(28)25-12-2-3-13-25/h4-11H,2-3,12-14H2,1H3. The number of carbonyl (C=O) groups excluding carboxylic acids is 1. The first-order valence-corrected chi connectivity index (χ1v) is 9.90. The molecule has 0 unspecified atom stereocenters. The van der Waals surface area contributed by atoms with E-state index in [0.717, 1.165) is 22.1 Å². The molecule has 0 aliphatic carbocycles. The van der Waals surface area contributed by atoms with Crippen molar-refractivity contribution in [1.29, 1.82) is 0 Å². The lowest BCUT2D eigenvalue weighted by Crippen LogP contribution is -2.46. The summed E-state index contributed by atoms with van der Waals surface area (Å²) in [6.07, 6.45) is 1.71. The summed E-state index contributed by atoms with van der Waals surface area (Å²) in [7, 11) is 1.52. The van der Waals surface area contributed by atoms with Crippen molar-refractivity contribution in [2.75, 3.05) is 20.2 Å². The number of ether oxygens (including phenoxy) is 1. The van der Waals surface area contributed by atoms with Crippen LogP contribution < -0.4 is 16.0 Å². The Hall–Kier alpha value is -3.75. The Bertz CT molecular complexity index is 1210. The number of rotatable bonds is 5. The molecule has 0 atom stereocenters. The monoisotopic (exact) mass is 424 g/mol. The van der Waals surface area contributed by atoms with Crippen LogP contribution in [0.25, 0.3) is 5.69 Å². The SMILES string of the molecule is COc1ccc(-n2nc(C(=O)N3CCCC3)c(=O)n(Cc3ccc(F)cc3)c2=O)cc1. The first kappa shape index (κ1) is 20.5. The molecule has 1 fully saturated rings. The Balaban J connectivity index is 1.86. The van der Waals surface area contributed by atoms with Crippen molar-refractivity contribution in [2.45, 2.75) is 19.4 Å². The number of hydrogen-bond donors (Lipinski definition) is 0. The highest BCUT2D eigenvalue weighted by atomic mass is 19.1. The minimum absolute atomic E-state index is 0.114. The highest BCUT2D eigenvalue weighted by Gasteiger charge is 2.26. The highest BCUT2D eigenvalue weighted by Crippen LogP contribution is 2.14. The van der Waals surface area contributed by atoms with E-state index in [4.69, 9.17) is 4.74 Å². The van der Waals surface area contributed by atoms with Crippen molar-refractivity contribution in [1.82, 2.24) is 19.2 Å². The zero-order valence-corrected chi connectivity index (χ0v) is 17.0. The lowest BCUT2D eigenvalue weighted by molar-refractivity contribution is 0.0781. The summed E-state index contributed by atoms with van der Waals surface area (Å²) in [6, 6.07) is 12.0. The average molecular weight is 424 g/mol. The molecule has 1 aromatic heterocycles. The van der Waals surface area contributed by atoms with Crippen LogP contribution in [0, 0.1) is 5.82 Å². The summed E-state index contributed by atoms with van der Waals surface area (Å²) in [5, 5.41) is 4.14. The Kier molecular flexibility index (Phi) is 5.66. The second kappa shape index (κ2) is 8.55. The van der Waals surface area contributed by atoms with E-state index >= 15 is 0 Å². The lowest BCUT2D eigenvalue weighted by Gasteiger charge is -2.16. The minimum atomic E-state index is -0.768. The van der Waals surface area contributed by atoms with Gasteiger partial charge in [0, 0.05) is 13.1 Å². The summed E-state index contributed by atoms with van der Waals surface area (Å²) < 4.78 is 20.4. The zero-order valence-electron chi connectivity index (χ0n) is 17.0. The first-order valence-electron chi connectivity index (χ1n) is 9.90. The number of halogens is 1. The molecule has 0 saturated carbocycles. The Morgan fingerprint density at radius 1 is 1.03 bits per heavy atom. The Morgan fingerprint density at radius 3 is 2.29 bits per heavy atom. The average Bonchev–Trinajstić information content (AvgIpc) is 3.33. The number of hydrogen-bond acceptors (Lipinski definition) is 5. The van der Waals surface area contributed by atoms with Gasteiger partial charge in [-0.05, 0) is 54.8 Å². The molecule has 31 heavy (non-hydrogen) atoms. The molecule has 2 aromatic carbocycles. The van der Waals surface area contributed by atoms with Gasteiger partial charge in [-0.25, -0.2) is 9.18 Å². The van der Waals surface area contributed by atoms with Crippen LogP contribution in [0.5, 0.6) is 5.75 Å². The maximum absolute atomic E-state index is 13.3. The normalized spacial score (nSPS) is 13.4. The second-order valence-corrected chi connectivity index (χ2v) is 7.26. The molecule has 0 spiro atoms. The van der Waals surface area contributed by atoms with Crippen LogP contribution in [-0.4, -0.2) is 45.4 Å². The predicted octanol–water partition coefficient (Wildman–Crippen LogP) is 1.83. The van der Waals surface area contributed by atoms with E-state index in [1.165, 1.54) is 31.4 Å². The van der Waals surface area contributed by atoms with E-state index in [-0.39, 0.29) is 12.2 Å². The third-order valence-corrected chi connectivity index (χ3v) is 5.23. The number of likely N-dealkylation sites (tertiary alicyclic amines) is 1. The van der Waals surface area contributed by atoms with E-state index in [1.54, 1.807) is 29.2 Å². The van der Waals surface area contributed by atoms with Gasteiger partial charge in [0.15, 0.2) is 0 Å². The molecule has 4 rings (SSSR count). The van der Waals surface area contributed by atoms with Gasteiger partial charge in [-0.3, -0.25) is 14.2 Å². The van der Waals surface area contributed by atoms with Crippen molar-refractivity contribution in [3.8, 4) is 11.4 Å².